The fourth-order valence-corrected chi connectivity index (χ4v) is 7.13. The zero-order chi connectivity index (χ0) is 25.8. The molecule has 8 rings (SSSR count). The van der Waals surface area contributed by atoms with Crippen molar-refractivity contribution in [3.63, 3.8) is 0 Å². The van der Waals surface area contributed by atoms with Crippen LogP contribution in [-0.2, 0) is 0 Å². The van der Waals surface area contributed by atoms with Crippen molar-refractivity contribution in [2.24, 2.45) is 4.99 Å². The average molecular weight is 535 g/mol. The van der Waals surface area contributed by atoms with Gasteiger partial charge in [-0.3, -0.25) is 4.99 Å². The number of thiophene rings is 2. The monoisotopic (exact) mass is 534 g/mol. The SMILES string of the molecule is C(=Nc1ccc(-n2c(-c3cccs3)ccc2-c2cccs2)cc1)c1ccc2ccc3cccc4ccc1c2c34. The van der Waals surface area contributed by atoms with Crippen LogP contribution in [0, 0.1) is 0 Å². The van der Waals surface area contributed by atoms with E-state index in [9.17, 15) is 0 Å². The first-order valence-electron chi connectivity index (χ1n) is 12.9. The summed E-state index contributed by atoms with van der Waals surface area (Å²) in [5.74, 6) is 0. The zero-order valence-electron chi connectivity index (χ0n) is 20.9. The molecule has 0 bridgehead atoms. The van der Waals surface area contributed by atoms with Crippen molar-refractivity contribution in [1.82, 2.24) is 4.57 Å². The summed E-state index contributed by atoms with van der Waals surface area (Å²) >= 11 is 3.53. The van der Waals surface area contributed by atoms with Crippen LogP contribution in [0.3, 0.4) is 0 Å². The fraction of sp³-hybridized carbons (Fsp3) is 0. The summed E-state index contributed by atoms with van der Waals surface area (Å²) in [4.78, 5) is 7.41. The third-order valence-corrected chi connectivity index (χ3v) is 9.24. The third kappa shape index (κ3) is 3.72. The lowest BCUT2D eigenvalue weighted by atomic mass is 9.92. The summed E-state index contributed by atoms with van der Waals surface area (Å²) in [6.45, 7) is 0. The van der Waals surface area contributed by atoms with Gasteiger partial charge in [-0.1, -0.05) is 66.7 Å². The molecule has 0 atom stereocenters. The van der Waals surface area contributed by atoms with Gasteiger partial charge < -0.3 is 4.57 Å². The van der Waals surface area contributed by atoms with Crippen LogP contribution in [-0.4, -0.2) is 10.8 Å². The Morgan fingerprint density at radius 3 is 1.79 bits per heavy atom. The summed E-state index contributed by atoms with van der Waals surface area (Å²) in [5.41, 5.74) is 5.62. The molecule has 3 heterocycles. The molecule has 0 aliphatic rings. The van der Waals surface area contributed by atoms with Crippen molar-refractivity contribution in [2.75, 3.05) is 0 Å². The second kappa shape index (κ2) is 9.05. The van der Waals surface area contributed by atoms with Crippen molar-refractivity contribution >= 4 is 66.9 Å². The van der Waals surface area contributed by atoms with Gasteiger partial charge in [0.1, 0.15) is 0 Å². The molecular weight excluding hydrogens is 513 g/mol. The normalized spacial score (nSPS) is 12.0. The molecule has 8 aromatic rings. The Hall–Kier alpha value is -4.51. The van der Waals surface area contributed by atoms with Crippen LogP contribution in [0.5, 0.6) is 0 Å². The van der Waals surface area contributed by atoms with Gasteiger partial charge in [0.15, 0.2) is 0 Å². The fourth-order valence-electron chi connectivity index (χ4n) is 5.65. The highest BCUT2D eigenvalue weighted by Gasteiger charge is 2.15. The second-order valence-corrected chi connectivity index (χ2v) is 11.6. The second-order valence-electron chi connectivity index (χ2n) is 9.68. The molecule has 0 fully saturated rings. The lowest BCUT2D eigenvalue weighted by Gasteiger charge is -2.13. The Morgan fingerprint density at radius 2 is 1.15 bits per heavy atom. The predicted molar refractivity (Wildman–Crippen MR) is 170 cm³/mol. The van der Waals surface area contributed by atoms with E-state index in [1.807, 2.05) is 6.21 Å². The van der Waals surface area contributed by atoms with Crippen molar-refractivity contribution in [1.29, 1.82) is 0 Å². The Morgan fingerprint density at radius 1 is 0.538 bits per heavy atom. The standard InChI is InChI=1S/C35H22N2S2/c1-4-23-8-9-25-10-11-26(29-17-12-24(5-1)34(23)35(25)29)22-36-27-13-15-28(16-14-27)37-30(32-6-2-20-38-32)18-19-31(37)33-7-3-21-39-33/h1-22H. The predicted octanol–water partition coefficient (Wildman–Crippen LogP) is 10.6. The summed E-state index contributed by atoms with van der Waals surface area (Å²) in [6, 6.07) is 41.4. The van der Waals surface area contributed by atoms with Gasteiger partial charge in [0.25, 0.3) is 0 Å². The van der Waals surface area contributed by atoms with Crippen LogP contribution in [0.4, 0.5) is 5.69 Å². The van der Waals surface area contributed by atoms with E-state index in [4.69, 9.17) is 4.99 Å². The highest BCUT2D eigenvalue weighted by molar-refractivity contribution is 7.14. The Kier molecular flexibility index (Phi) is 5.22. The molecule has 5 aromatic carbocycles. The lowest BCUT2D eigenvalue weighted by Crippen LogP contribution is -1.97. The Balaban J connectivity index is 1.18. The number of hydrogen-bond acceptors (Lipinski definition) is 3. The number of aliphatic imine (C=N–C) groups is 1. The lowest BCUT2D eigenvalue weighted by molar-refractivity contribution is 1.10. The molecule has 4 heteroatoms. The topological polar surface area (TPSA) is 17.3 Å². The number of hydrogen-bond donors (Lipinski definition) is 0. The first-order valence-corrected chi connectivity index (χ1v) is 14.7. The van der Waals surface area contributed by atoms with E-state index in [1.54, 1.807) is 22.7 Å². The maximum Gasteiger partial charge on any atom is 0.0635 e. The number of nitrogens with zero attached hydrogens (tertiary/aromatic N) is 2. The molecule has 0 saturated heterocycles. The van der Waals surface area contributed by atoms with Gasteiger partial charge in [-0.05, 0) is 91.6 Å². The maximum absolute atomic E-state index is 4.90. The highest BCUT2D eigenvalue weighted by atomic mass is 32.1. The number of benzene rings is 5. The van der Waals surface area contributed by atoms with Crippen LogP contribution >= 0.6 is 22.7 Å². The molecule has 0 saturated carbocycles. The minimum atomic E-state index is 0.937. The minimum absolute atomic E-state index is 0.937. The summed E-state index contributed by atoms with van der Waals surface area (Å²) in [7, 11) is 0. The van der Waals surface area contributed by atoms with Crippen molar-refractivity contribution in [3.05, 3.63) is 132 Å². The quantitative estimate of drug-likeness (QED) is 0.154. The molecule has 0 spiro atoms. The molecule has 0 amide bonds. The molecule has 39 heavy (non-hydrogen) atoms. The van der Waals surface area contributed by atoms with Gasteiger partial charge in [0.05, 0.1) is 26.8 Å². The van der Waals surface area contributed by atoms with E-state index >= 15 is 0 Å². The molecule has 0 radical (unpaired) electrons. The number of aromatic nitrogens is 1. The average Bonchev–Trinajstić information content (AvgIpc) is 3.77. The molecule has 0 aliphatic heterocycles. The maximum atomic E-state index is 4.90. The van der Waals surface area contributed by atoms with Crippen molar-refractivity contribution in [3.8, 4) is 26.8 Å². The van der Waals surface area contributed by atoms with Crippen LogP contribution in [0.15, 0.2) is 131 Å². The number of rotatable bonds is 5. The van der Waals surface area contributed by atoms with Gasteiger partial charge in [0, 0.05) is 17.5 Å². The van der Waals surface area contributed by atoms with Crippen LogP contribution < -0.4 is 0 Å². The molecule has 0 aliphatic carbocycles. The molecule has 2 nitrogen and oxygen atoms in total. The largest absolute Gasteiger partial charge is 0.308 e. The Labute approximate surface area is 234 Å². The highest BCUT2D eigenvalue weighted by Crippen LogP contribution is 2.37. The van der Waals surface area contributed by atoms with E-state index in [1.165, 1.54) is 53.5 Å². The first-order chi connectivity index (χ1) is 19.3. The van der Waals surface area contributed by atoms with E-state index < -0.39 is 0 Å². The molecule has 184 valence electrons. The molecule has 0 N–H and O–H groups in total. The zero-order valence-corrected chi connectivity index (χ0v) is 22.5. The van der Waals surface area contributed by atoms with E-state index in [0.29, 0.717) is 0 Å². The smallest absolute Gasteiger partial charge is 0.0635 e. The molecule has 0 unspecified atom stereocenters. The van der Waals surface area contributed by atoms with E-state index in [2.05, 4.69) is 131 Å². The summed E-state index contributed by atoms with van der Waals surface area (Å²) in [6.07, 6.45) is 2.00. The van der Waals surface area contributed by atoms with Crippen LogP contribution in [0.1, 0.15) is 5.56 Å². The summed E-state index contributed by atoms with van der Waals surface area (Å²) < 4.78 is 2.35. The van der Waals surface area contributed by atoms with Crippen LogP contribution in [0.25, 0.3) is 59.1 Å². The molecular formula is C35H22N2S2. The van der Waals surface area contributed by atoms with E-state index in [-0.39, 0.29) is 0 Å². The van der Waals surface area contributed by atoms with Crippen LogP contribution in [0.2, 0.25) is 0 Å². The van der Waals surface area contributed by atoms with Gasteiger partial charge >= 0.3 is 0 Å². The van der Waals surface area contributed by atoms with Crippen molar-refractivity contribution < 1.29 is 0 Å². The first kappa shape index (κ1) is 22.5. The minimum Gasteiger partial charge on any atom is -0.308 e. The molecule has 3 aromatic heterocycles. The van der Waals surface area contributed by atoms with E-state index in [0.717, 1.165) is 16.9 Å². The summed E-state index contributed by atoms with van der Waals surface area (Å²) in [5, 5.41) is 12.0. The van der Waals surface area contributed by atoms with Gasteiger partial charge in [0.2, 0.25) is 0 Å². The Bertz CT molecular complexity index is 2030. The third-order valence-electron chi connectivity index (χ3n) is 7.45. The van der Waals surface area contributed by atoms with Gasteiger partial charge in [-0.2, -0.15) is 0 Å². The van der Waals surface area contributed by atoms with Gasteiger partial charge in [-0.25, -0.2) is 0 Å². The van der Waals surface area contributed by atoms with Gasteiger partial charge in [-0.15, -0.1) is 22.7 Å². The van der Waals surface area contributed by atoms with Crippen molar-refractivity contribution in [2.45, 2.75) is 0 Å².